The minimum atomic E-state index is -0.268. The van der Waals surface area contributed by atoms with E-state index in [-0.39, 0.29) is 11.7 Å². The fourth-order valence-corrected chi connectivity index (χ4v) is 1.76. The van der Waals surface area contributed by atoms with Gasteiger partial charge in [0.25, 0.3) is 0 Å². The van der Waals surface area contributed by atoms with Crippen LogP contribution in [-0.4, -0.2) is 23.1 Å². The summed E-state index contributed by atoms with van der Waals surface area (Å²) in [6, 6.07) is 7.87. The predicted molar refractivity (Wildman–Crippen MR) is 71.6 cm³/mol. The summed E-state index contributed by atoms with van der Waals surface area (Å²) in [4.78, 5) is 1.82. The fraction of sp³-hybridized carbons (Fsp3) is 0.154. The molecule has 0 amide bonds. The number of nitrogen functional groups attached to an aromatic ring is 1. The molecule has 1 aromatic heterocycles. The van der Waals surface area contributed by atoms with Crippen molar-refractivity contribution in [2.24, 2.45) is 5.73 Å². The molecule has 3 N–H and O–H groups in total. The number of amidine groups is 1. The summed E-state index contributed by atoms with van der Waals surface area (Å²) in [7, 11) is 1.82. The molecule has 0 aliphatic heterocycles. The van der Waals surface area contributed by atoms with Gasteiger partial charge in [-0.05, 0) is 23.8 Å². The predicted octanol–water partition coefficient (Wildman–Crippen LogP) is 1.54. The minimum absolute atomic E-state index is 0.0594. The molecule has 1 heterocycles. The zero-order valence-corrected chi connectivity index (χ0v) is 10.5. The number of nitrogens with zero attached hydrogens (tertiary/aromatic N) is 3. The molecule has 0 radical (unpaired) electrons. The highest BCUT2D eigenvalue weighted by molar-refractivity contribution is 5.99. The molecular weight excluding hydrogens is 245 g/mol. The van der Waals surface area contributed by atoms with Gasteiger partial charge in [-0.2, -0.15) is 5.10 Å². The van der Waals surface area contributed by atoms with Crippen molar-refractivity contribution >= 4 is 11.7 Å². The van der Waals surface area contributed by atoms with E-state index < -0.39 is 0 Å². The van der Waals surface area contributed by atoms with Crippen molar-refractivity contribution in [2.75, 3.05) is 11.9 Å². The van der Waals surface area contributed by atoms with E-state index >= 15 is 0 Å². The fourth-order valence-electron chi connectivity index (χ4n) is 1.76. The van der Waals surface area contributed by atoms with E-state index in [1.807, 2.05) is 11.9 Å². The molecule has 0 atom stereocenters. The van der Waals surface area contributed by atoms with E-state index in [1.54, 1.807) is 18.2 Å². The van der Waals surface area contributed by atoms with Crippen molar-refractivity contribution in [3.63, 3.8) is 0 Å². The second-order valence-corrected chi connectivity index (χ2v) is 4.16. The molecule has 0 spiro atoms. The zero-order chi connectivity index (χ0) is 13.8. The van der Waals surface area contributed by atoms with Crippen LogP contribution in [0, 0.1) is 11.2 Å². The molecule has 0 saturated carbocycles. The van der Waals surface area contributed by atoms with Crippen LogP contribution < -0.4 is 10.6 Å². The van der Waals surface area contributed by atoms with Gasteiger partial charge in [-0.3, -0.25) is 5.41 Å². The van der Waals surface area contributed by atoms with Crippen LogP contribution in [0.5, 0.6) is 0 Å². The highest BCUT2D eigenvalue weighted by Gasteiger charge is 2.12. The summed E-state index contributed by atoms with van der Waals surface area (Å²) in [6.45, 7) is 0.527. The Balaban J connectivity index is 2.22. The van der Waals surface area contributed by atoms with Gasteiger partial charge in [0.1, 0.15) is 11.7 Å². The van der Waals surface area contributed by atoms with Crippen molar-refractivity contribution in [3.05, 3.63) is 53.5 Å². The summed E-state index contributed by atoms with van der Waals surface area (Å²) in [5.41, 5.74) is 6.97. The Hall–Kier alpha value is -2.50. The smallest absolute Gasteiger partial charge is 0.162 e. The van der Waals surface area contributed by atoms with Gasteiger partial charge in [-0.25, -0.2) is 4.39 Å². The molecule has 2 aromatic rings. The van der Waals surface area contributed by atoms with E-state index in [1.165, 1.54) is 18.3 Å². The number of anilines is 1. The SMILES string of the molecule is CN(Cc1ccc(F)cc1)c1nnccc1C(=N)N. The zero-order valence-electron chi connectivity index (χ0n) is 10.5. The summed E-state index contributed by atoms with van der Waals surface area (Å²) in [5, 5.41) is 15.3. The Morgan fingerprint density at radius 2 is 2.00 bits per heavy atom. The summed E-state index contributed by atoms with van der Waals surface area (Å²) < 4.78 is 12.8. The van der Waals surface area contributed by atoms with Gasteiger partial charge < -0.3 is 10.6 Å². The number of halogens is 1. The molecule has 19 heavy (non-hydrogen) atoms. The molecule has 0 saturated heterocycles. The molecule has 1 aromatic carbocycles. The maximum atomic E-state index is 12.8. The average molecular weight is 259 g/mol. The van der Waals surface area contributed by atoms with Gasteiger partial charge >= 0.3 is 0 Å². The molecule has 0 aliphatic rings. The number of rotatable bonds is 4. The lowest BCUT2D eigenvalue weighted by atomic mass is 10.2. The van der Waals surface area contributed by atoms with Crippen molar-refractivity contribution in [3.8, 4) is 0 Å². The van der Waals surface area contributed by atoms with Gasteiger partial charge in [0.05, 0.1) is 11.8 Å². The van der Waals surface area contributed by atoms with Gasteiger partial charge in [-0.15, -0.1) is 5.10 Å². The van der Waals surface area contributed by atoms with Crippen molar-refractivity contribution in [1.29, 1.82) is 5.41 Å². The van der Waals surface area contributed by atoms with Crippen LogP contribution in [0.25, 0.3) is 0 Å². The third-order valence-corrected chi connectivity index (χ3v) is 2.69. The monoisotopic (exact) mass is 259 g/mol. The van der Waals surface area contributed by atoms with E-state index in [0.717, 1.165) is 5.56 Å². The molecule has 0 unspecified atom stereocenters. The van der Waals surface area contributed by atoms with Crippen LogP contribution in [0.1, 0.15) is 11.1 Å². The van der Waals surface area contributed by atoms with Crippen LogP contribution in [0.2, 0.25) is 0 Å². The second kappa shape index (κ2) is 5.43. The van der Waals surface area contributed by atoms with Crippen LogP contribution in [0.4, 0.5) is 10.2 Å². The normalized spacial score (nSPS) is 10.2. The van der Waals surface area contributed by atoms with Crippen molar-refractivity contribution in [2.45, 2.75) is 6.54 Å². The lowest BCUT2D eigenvalue weighted by Gasteiger charge is -2.19. The number of nitrogens with two attached hydrogens (primary N) is 1. The standard InChI is InChI=1S/C13H14FN5/c1-19(8-9-2-4-10(14)5-3-9)13-11(12(15)16)6-7-17-18-13/h2-7H,8H2,1H3,(H3,15,16). The molecular formula is C13H14FN5. The van der Waals surface area contributed by atoms with Gasteiger partial charge in [0.15, 0.2) is 5.82 Å². The maximum Gasteiger partial charge on any atom is 0.162 e. The summed E-state index contributed by atoms with van der Waals surface area (Å²) in [6.07, 6.45) is 1.49. The van der Waals surface area contributed by atoms with E-state index in [0.29, 0.717) is 17.9 Å². The molecule has 2 rings (SSSR count). The molecule has 0 fully saturated rings. The van der Waals surface area contributed by atoms with Crippen LogP contribution in [0.3, 0.4) is 0 Å². The van der Waals surface area contributed by atoms with E-state index in [4.69, 9.17) is 11.1 Å². The highest BCUT2D eigenvalue weighted by atomic mass is 19.1. The van der Waals surface area contributed by atoms with E-state index in [9.17, 15) is 4.39 Å². The van der Waals surface area contributed by atoms with Crippen molar-refractivity contribution in [1.82, 2.24) is 10.2 Å². The lowest BCUT2D eigenvalue weighted by molar-refractivity contribution is 0.627. The first-order chi connectivity index (χ1) is 9.08. The minimum Gasteiger partial charge on any atom is -0.384 e. The van der Waals surface area contributed by atoms with Crippen LogP contribution in [0.15, 0.2) is 36.5 Å². The second-order valence-electron chi connectivity index (χ2n) is 4.16. The first kappa shape index (κ1) is 12.9. The third-order valence-electron chi connectivity index (χ3n) is 2.69. The first-order valence-corrected chi connectivity index (χ1v) is 5.69. The quantitative estimate of drug-likeness (QED) is 0.644. The molecule has 6 heteroatoms. The topological polar surface area (TPSA) is 78.9 Å². The Morgan fingerprint density at radius 3 is 2.63 bits per heavy atom. The summed E-state index contributed by atoms with van der Waals surface area (Å²) in [5.74, 6) is 0.200. The molecule has 0 bridgehead atoms. The molecule has 0 aliphatic carbocycles. The Labute approximate surface area is 110 Å². The van der Waals surface area contributed by atoms with Gasteiger partial charge in [-0.1, -0.05) is 12.1 Å². The van der Waals surface area contributed by atoms with Gasteiger partial charge in [0, 0.05) is 13.6 Å². The maximum absolute atomic E-state index is 12.8. The number of hydrogen-bond donors (Lipinski definition) is 2. The average Bonchev–Trinajstić information content (AvgIpc) is 2.41. The van der Waals surface area contributed by atoms with Crippen LogP contribution >= 0.6 is 0 Å². The Morgan fingerprint density at radius 1 is 1.32 bits per heavy atom. The number of benzene rings is 1. The molecule has 98 valence electrons. The Kier molecular flexibility index (Phi) is 3.70. The number of aromatic nitrogens is 2. The number of hydrogen-bond acceptors (Lipinski definition) is 4. The first-order valence-electron chi connectivity index (χ1n) is 5.69. The highest BCUT2D eigenvalue weighted by Crippen LogP contribution is 2.16. The molecule has 5 nitrogen and oxygen atoms in total. The Bertz CT molecular complexity index is 582. The third kappa shape index (κ3) is 3.04. The largest absolute Gasteiger partial charge is 0.384 e. The summed E-state index contributed by atoms with van der Waals surface area (Å²) >= 11 is 0. The van der Waals surface area contributed by atoms with Crippen molar-refractivity contribution < 1.29 is 4.39 Å². The van der Waals surface area contributed by atoms with Gasteiger partial charge in [0.2, 0.25) is 0 Å². The lowest BCUT2D eigenvalue weighted by Crippen LogP contribution is -2.23. The van der Waals surface area contributed by atoms with E-state index in [2.05, 4.69) is 10.2 Å². The number of nitrogens with one attached hydrogen (secondary N) is 1. The van der Waals surface area contributed by atoms with Crippen LogP contribution in [-0.2, 0) is 6.54 Å².